The van der Waals surface area contributed by atoms with E-state index in [1.54, 1.807) is 26.0 Å². The average Bonchev–Trinajstić information content (AvgIpc) is 2.90. The number of rotatable bonds is 8. The third kappa shape index (κ3) is 7.27. The fourth-order valence-corrected chi connectivity index (χ4v) is 5.04. The third-order valence-corrected chi connectivity index (χ3v) is 6.82. The van der Waals surface area contributed by atoms with E-state index in [1.807, 2.05) is 0 Å². The Bertz CT molecular complexity index is 1250. The molecule has 0 radical (unpaired) electrons. The fraction of sp³-hybridized carbons (Fsp3) is 0.500. The lowest BCUT2D eigenvalue weighted by Gasteiger charge is -2.43. The monoisotopic (exact) mass is 606 g/mol. The summed E-state index contributed by atoms with van der Waals surface area (Å²) in [6.07, 6.45) is -11.7. The smallest absolute Gasteiger partial charge is 0.416 e. The first-order valence-electron chi connectivity index (χ1n) is 12.9. The first kappa shape index (κ1) is 33.0. The lowest BCUT2D eigenvalue weighted by Crippen LogP contribution is -2.47. The predicted molar refractivity (Wildman–Crippen MR) is 139 cm³/mol. The minimum absolute atomic E-state index is 0.0234. The molecule has 2 aromatic rings. The second-order valence-corrected chi connectivity index (χ2v) is 9.73. The third-order valence-electron chi connectivity index (χ3n) is 6.82. The van der Waals surface area contributed by atoms with Crippen LogP contribution in [-0.4, -0.2) is 51.1 Å². The van der Waals surface area contributed by atoms with Crippen molar-refractivity contribution in [2.24, 2.45) is 0 Å². The van der Waals surface area contributed by atoms with Crippen LogP contribution in [0.15, 0.2) is 30.3 Å². The Morgan fingerprint density at radius 1 is 0.905 bits per heavy atom. The van der Waals surface area contributed by atoms with E-state index >= 15 is 0 Å². The number of fused-ring (bicyclic) bond motifs is 1. The van der Waals surface area contributed by atoms with E-state index in [0.717, 1.165) is 12.0 Å². The Kier molecular flexibility index (Phi) is 10.4. The van der Waals surface area contributed by atoms with E-state index in [9.17, 15) is 35.9 Å². The molecule has 1 aliphatic heterocycles. The molecule has 2 atom stereocenters. The lowest BCUT2D eigenvalue weighted by molar-refractivity contribution is -0.143. The molecule has 0 bridgehead atoms. The quantitative estimate of drug-likeness (QED) is 0.299. The van der Waals surface area contributed by atoms with Gasteiger partial charge in [0.2, 0.25) is 0 Å². The van der Waals surface area contributed by atoms with Crippen LogP contribution in [0.3, 0.4) is 0 Å². The summed E-state index contributed by atoms with van der Waals surface area (Å²) < 4.78 is 102. The number of hydrogen-bond acceptors (Lipinski definition) is 6. The summed E-state index contributed by atoms with van der Waals surface area (Å²) in [5, 5.41) is 0. The molecule has 3 rings (SSSR count). The van der Waals surface area contributed by atoms with Crippen molar-refractivity contribution in [2.75, 3.05) is 32.8 Å². The van der Waals surface area contributed by atoms with Gasteiger partial charge < -0.3 is 18.9 Å². The maximum absolute atomic E-state index is 13.6. The first-order chi connectivity index (χ1) is 19.7. The van der Waals surface area contributed by atoms with Gasteiger partial charge in [0.05, 0.1) is 49.8 Å². The molecule has 0 spiro atoms. The molecule has 0 aliphatic carbocycles. The Morgan fingerprint density at radius 2 is 1.45 bits per heavy atom. The second-order valence-electron chi connectivity index (χ2n) is 9.73. The minimum atomic E-state index is -5.06. The zero-order valence-corrected chi connectivity index (χ0v) is 23.7. The predicted octanol–water partition coefficient (Wildman–Crippen LogP) is 7.08. The molecule has 0 saturated heterocycles. The van der Waals surface area contributed by atoms with Gasteiger partial charge in [0.1, 0.15) is 0 Å². The Balaban J connectivity index is 2.23. The lowest BCUT2D eigenvalue weighted by atomic mass is 9.87. The van der Waals surface area contributed by atoms with Gasteiger partial charge in [-0.2, -0.15) is 26.3 Å². The number of alkyl halides is 6. The number of carbonyl (C=O) groups is 2. The van der Waals surface area contributed by atoms with E-state index in [-0.39, 0.29) is 32.3 Å². The van der Waals surface area contributed by atoms with Crippen molar-refractivity contribution >= 4 is 17.9 Å². The van der Waals surface area contributed by atoms with Crippen LogP contribution in [0.25, 0.3) is 0 Å². The molecule has 2 aromatic carbocycles. The number of amides is 2. The molecule has 1 heterocycles. The van der Waals surface area contributed by atoms with Gasteiger partial charge >= 0.3 is 24.5 Å². The van der Waals surface area contributed by atoms with Gasteiger partial charge in [0.15, 0.2) is 0 Å². The number of methoxy groups -OCH3 is 3. The zero-order valence-electron chi connectivity index (χ0n) is 23.7. The Labute approximate surface area is 239 Å². The summed E-state index contributed by atoms with van der Waals surface area (Å²) in [6.45, 7) is 3.03. The largest absolute Gasteiger partial charge is 0.453 e. The van der Waals surface area contributed by atoms with Crippen LogP contribution in [0.5, 0.6) is 0 Å². The van der Waals surface area contributed by atoms with E-state index in [1.165, 1.54) is 19.1 Å². The highest BCUT2D eigenvalue weighted by molar-refractivity contribution is 5.91. The van der Waals surface area contributed by atoms with Crippen LogP contribution < -0.4 is 4.90 Å². The first-order valence-corrected chi connectivity index (χ1v) is 12.9. The summed E-state index contributed by atoms with van der Waals surface area (Å²) >= 11 is 0. The normalized spacial score (nSPS) is 17.1. The maximum Gasteiger partial charge on any atom is 0.416 e. The molecule has 8 nitrogen and oxygen atoms in total. The van der Waals surface area contributed by atoms with Crippen molar-refractivity contribution in [3.05, 3.63) is 63.7 Å². The highest BCUT2D eigenvalue weighted by atomic mass is 19.4. The molecule has 0 saturated carbocycles. The highest BCUT2D eigenvalue weighted by Gasteiger charge is 2.41. The number of anilines is 1. The molecule has 42 heavy (non-hydrogen) atoms. The van der Waals surface area contributed by atoms with Crippen molar-refractivity contribution in [3.8, 4) is 0 Å². The van der Waals surface area contributed by atoms with E-state index in [0.29, 0.717) is 34.5 Å². The van der Waals surface area contributed by atoms with Gasteiger partial charge in [0.25, 0.3) is 0 Å². The summed E-state index contributed by atoms with van der Waals surface area (Å²) in [7, 11) is 4.00. The van der Waals surface area contributed by atoms with Crippen molar-refractivity contribution in [1.82, 2.24) is 4.90 Å². The van der Waals surface area contributed by atoms with Gasteiger partial charge in [0, 0.05) is 26.8 Å². The van der Waals surface area contributed by atoms with Crippen LogP contribution in [0.2, 0.25) is 0 Å². The summed E-state index contributed by atoms with van der Waals surface area (Å²) in [5.74, 6) is 0. The molecule has 0 fully saturated rings. The molecular formula is C28H32F6N2O6. The van der Waals surface area contributed by atoms with Gasteiger partial charge in [-0.15, -0.1) is 0 Å². The zero-order chi connectivity index (χ0) is 31.4. The topological polar surface area (TPSA) is 77.5 Å². The second kappa shape index (κ2) is 13.2. The molecule has 1 aliphatic rings. The summed E-state index contributed by atoms with van der Waals surface area (Å²) in [5.41, 5.74) is -1.36. The van der Waals surface area contributed by atoms with Crippen LogP contribution in [0.1, 0.15) is 59.7 Å². The standard InChI is InChI=1S/C28H32F6N2O6/c1-6-42-26(38)36-16(2)7-23(22-10-18(14-39-3)19(15-40-4)11-24(22)36)35(25(37)41-5)13-17-8-20(27(29,30)31)12-21(9-17)28(32,33)34/h8-12,16,23H,6-7,13-15H2,1-5H3/t16-,23+/m0/s1. The van der Waals surface area contributed by atoms with Crippen molar-refractivity contribution in [2.45, 2.75) is 64.5 Å². The molecular weight excluding hydrogens is 574 g/mol. The summed E-state index contributed by atoms with van der Waals surface area (Å²) in [6, 6.07) is 3.01. The Hall–Kier alpha value is -3.52. The molecule has 2 amide bonds. The van der Waals surface area contributed by atoms with Crippen LogP contribution in [-0.2, 0) is 51.1 Å². The number of ether oxygens (including phenoxy) is 4. The Morgan fingerprint density at radius 3 is 1.93 bits per heavy atom. The highest BCUT2D eigenvalue weighted by Crippen LogP contribution is 2.44. The minimum Gasteiger partial charge on any atom is -0.453 e. The van der Waals surface area contributed by atoms with Gasteiger partial charge in [-0.1, -0.05) is 0 Å². The average molecular weight is 607 g/mol. The van der Waals surface area contributed by atoms with Gasteiger partial charge in [-0.3, -0.25) is 9.80 Å². The van der Waals surface area contributed by atoms with E-state index in [4.69, 9.17) is 18.9 Å². The number of halogens is 6. The number of benzene rings is 2. The van der Waals surface area contributed by atoms with Crippen LogP contribution in [0, 0.1) is 0 Å². The SMILES string of the molecule is CCOC(=O)N1c2cc(COC)c(COC)cc2[C@H](N(Cc2cc(C(F)(F)F)cc(C(F)(F)F)c2)C(=O)OC)C[C@@H]1C. The fourth-order valence-electron chi connectivity index (χ4n) is 5.04. The van der Waals surface area contributed by atoms with Crippen molar-refractivity contribution in [1.29, 1.82) is 0 Å². The van der Waals surface area contributed by atoms with Crippen molar-refractivity contribution in [3.63, 3.8) is 0 Å². The number of carbonyl (C=O) groups excluding carboxylic acids is 2. The van der Waals surface area contributed by atoms with E-state index < -0.39 is 59.9 Å². The molecule has 232 valence electrons. The molecule has 0 unspecified atom stereocenters. The van der Waals surface area contributed by atoms with Gasteiger partial charge in [-0.25, -0.2) is 9.59 Å². The summed E-state index contributed by atoms with van der Waals surface area (Å²) in [4.78, 5) is 28.6. The molecule has 0 aromatic heterocycles. The van der Waals surface area contributed by atoms with Gasteiger partial charge in [-0.05, 0) is 72.9 Å². The van der Waals surface area contributed by atoms with Crippen LogP contribution in [0.4, 0.5) is 41.6 Å². The maximum atomic E-state index is 13.6. The van der Waals surface area contributed by atoms with E-state index in [2.05, 4.69) is 0 Å². The molecule has 14 heteroatoms. The van der Waals surface area contributed by atoms with Crippen LogP contribution >= 0.6 is 0 Å². The van der Waals surface area contributed by atoms with Crippen molar-refractivity contribution < 1.29 is 54.9 Å². The number of hydrogen-bond donors (Lipinski definition) is 0. The number of nitrogens with zero attached hydrogens (tertiary/aromatic N) is 2. The molecule has 0 N–H and O–H groups in total.